The van der Waals surface area contributed by atoms with Gasteiger partial charge in [0.1, 0.15) is 0 Å². The molecule has 0 amide bonds. The Balaban J connectivity index is 2.58. The SMILES string of the molecule is C[Si](C)(C)C(CCCCF)Sc1ccccc1. The minimum absolute atomic E-state index is 0.172. The fourth-order valence-corrected chi connectivity index (χ4v) is 5.58. The summed E-state index contributed by atoms with van der Waals surface area (Å²) in [4.78, 5) is 2.04. The van der Waals surface area contributed by atoms with Crippen LogP contribution in [-0.2, 0) is 0 Å². The van der Waals surface area contributed by atoms with Crippen molar-refractivity contribution in [1.29, 1.82) is 0 Å². The molecule has 0 aromatic heterocycles. The minimum Gasteiger partial charge on any atom is -0.251 e. The molecule has 0 radical (unpaired) electrons. The lowest BCUT2D eigenvalue weighted by Gasteiger charge is -2.28. The summed E-state index contributed by atoms with van der Waals surface area (Å²) in [5.74, 6) is 0. The van der Waals surface area contributed by atoms with Gasteiger partial charge in [0.25, 0.3) is 0 Å². The lowest BCUT2D eigenvalue weighted by molar-refractivity contribution is 0.459. The Morgan fingerprint density at radius 1 is 1.12 bits per heavy atom. The van der Waals surface area contributed by atoms with Crippen molar-refractivity contribution in [2.75, 3.05) is 6.67 Å². The lowest BCUT2D eigenvalue weighted by Crippen LogP contribution is -2.35. The number of hydrogen-bond acceptors (Lipinski definition) is 1. The Kier molecular flexibility index (Phi) is 6.27. The zero-order valence-corrected chi connectivity index (χ0v) is 12.9. The summed E-state index contributed by atoms with van der Waals surface area (Å²) in [6.45, 7) is 7.05. The fourth-order valence-electron chi connectivity index (χ4n) is 1.76. The molecule has 0 aliphatic carbocycles. The first-order chi connectivity index (χ1) is 8.04. The Morgan fingerprint density at radius 2 is 1.76 bits per heavy atom. The largest absolute Gasteiger partial charge is 0.251 e. The van der Waals surface area contributed by atoms with Crippen molar-refractivity contribution in [1.82, 2.24) is 0 Å². The van der Waals surface area contributed by atoms with E-state index in [4.69, 9.17) is 0 Å². The average molecular weight is 270 g/mol. The predicted molar refractivity (Wildman–Crippen MR) is 79.3 cm³/mol. The van der Waals surface area contributed by atoms with Crippen LogP contribution in [0.15, 0.2) is 35.2 Å². The van der Waals surface area contributed by atoms with Crippen LogP contribution in [0.1, 0.15) is 19.3 Å². The summed E-state index contributed by atoms with van der Waals surface area (Å²) in [7, 11) is -1.18. The van der Waals surface area contributed by atoms with Gasteiger partial charge >= 0.3 is 0 Å². The van der Waals surface area contributed by atoms with Crippen LogP contribution in [0.5, 0.6) is 0 Å². The van der Waals surface area contributed by atoms with E-state index in [1.165, 1.54) is 4.90 Å². The molecule has 0 aliphatic rings. The molecule has 0 aliphatic heterocycles. The van der Waals surface area contributed by atoms with E-state index in [9.17, 15) is 4.39 Å². The van der Waals surface area contributed by atoms with Crippen LogP contribution in [0.4, 0.5) is 4.39 Å². The van der Waals surface area contributed by atoms with E-state index in [2.05, 4.69) is 50.0 Å². The van der Waals surface area contributed by atoms with E-state index in [1.807, 2.05) is 11.8 Å². The van der Waals surface area contributed by atoms with Crippen molar-refractivity contribution in [3.63, 3.8) is 0 Å². The molecule has 17 heavy (non-hydrogen) atoms. The molecule has 1 unspecified atom stereocenters. The van der Waals surface area contributed by atoms with Crippen molar-refractivity contribution >= 4 is 19.8 Å². The summed E-state index contributed by atoms with van der Waals surface area (Å²) in [5, 5.41) is 0. The maximum absolute atomic E-state index is 12.2. The highest BCUT2D eigenvalue weighted by Crippen LogP contribution is 2.32. The second-order valence-corrected chi connectivity index (χ2v) is 12.6. The molecule has 0 spiro atoms. The third kappa shape index (κ3) is 5.73. The second-order valence-electron chi connectivity index (χ2n) is 5.47. The van der Waals surface area contributed by atoms with Gasteiger partial charge in [-0.25, -0.2) is 0 Å². The average Bonchev–Trinajstić information content (AvgIpc) is 2.28. The summed E-state index contributed by atoms with van der Waals surface area (Å²) in [5.41, 5.74) is 0. The maximum Gasteiger partial charge on any atom is 0.0894 e. The molecule has 1 aromatic carbocycles. The molecule has 0 bridgehead atoms. The molecule has 1 aromatic rings. The summed E-state index contributed by atoms with van der Waals surface area (Å²) in [6.07, 6.45) is 2.89. The molecule has 0 fully saturated rings. The van der Waals surface area contributed by atoms with Gasteiger partial charge in [-0.1, -0.05) is 44.3 Å². The van der Waals surface area contributed by atoms with E-state index in [0.717, 1.165) is 19.3 Å². The van der Waals surface area contributed by atoms with E-state index in [-0.39, 0.29) is 6.67 Å². The standard InChI is InChI=1S/C14H23FSSi/c1-17(2,3)14(11-7-8-12-15)16-13-9-5-4-6-10-13/h4-6,9-10,14H,7-8,11-12H2,1-3H3. The van der Waals surface area contributed by atoms with Crippen LogP contribution in [0, 0.1) is 0 Å². The lowest BCUT2D eigenvalue weighted by atomic mass is 10.3. The van der Waals surface area contributed by atoms with Crippen LogP contribution in [-0.4, -0.2) is 19.6 Å². The normalized spacial score (nSPS) is 13.6. The Bertz CT molecular complexity index is 308. The zero-order valence-electron chi connectivity index (χ0n) is 11.1. The Hall–Kier alpha value is -0.283. The van der Waals surface area contributed by atoms with Gasteiger partial charge in [-0.2, -0.15) is 0 Å². The highest BCUT2D eigenvalue weighted by atomic mass is 32.2. The second kappa shape index (κ2) is 7.22. The fraction of sp³-hybridized carbons (Fsp3) is 0.571. The van der Waals surface area contributed by atoms with Gasteiger partial charge in [0.15, 0.2) is 0 Å². The number of halogens is 1. The molecule has 0 heterocycles. The highest BCUT2D eigenvalue weighted by molar-refractivity contribution is 8.01. The molecule has 0 nitrogen and oxygen atoms in total. The van der Waals surface area contributed by atoms with Gasteiger partial charge in [0.05, 0.1) is 14.7 Å². The number of alkyl halides is 1. The van der Waals surface area contributed by atoms with Gasteiger partial charge in [-0.05, 0) is 25.0 Å². The van der Waals surface area contributed by atoms with Crippen molar-refractivity contribution in [3.8, 4) is 0 Å². The van der Waals surface area contributed by atoms with Gasteiger partial charge in [0, 0.05) is 9.77 Å². The topological polar surface area (TPSA) is 0 Å². The van der Waals surface area contributed by atoms with E-state index < -0.39 is 8.07 Å². The summed E-state index contributed by atoms with van der Waals surface area (Å²) < 4.78 is 12.2. The number of thioether (sulfide) groups is 1. The van der Waals surface area contributed by atoms with E-state index >= 15 is 0 Å². The molecule has 1 rings (SSSR count). The van der Waals surface area contributed by atoms with Gasteiger partial charge < -0.3 is 0 Å². The number of rotatable bonds is 7. The molecule has 96 valence electrons. The van der Waals surface area contributed by atoms with Crippen molar-refractivity contribution < 1.29 is 4.39 Å². The summed E-state index contributed by atoms with van der Waals surface area (Å²) in [6, 6.07) is 10.6. The third-order valence-corrected chi connectivity index (χ3v) is 8.60. The number of hydrogen-bond donors (Lipinski definition) is 0. The molecule has 0 saturated carbocycles. The quantitative estimate of drug-likeness (QED) is 0.374. The van der Waals surface area contributed by atoms with Crippen molar-refractivity contribution in [2.45, 2.75) is 48.7 Å². The molecule has 0 saturated heterocycles. The number of unbranched alkanes of at least 4 members (excludes halogenated alkanes) is 1. The van der Waals surface area contributed by atoms with Crippen LogP contribution >= 0.6 is 11.8 Å². The van der Waals surface area contributed by atoms with E-state index in [0.29, 0.717) is 4.87 Å². The molecule has 0 N–H and O–H groups in total. The Labute approximate surface area is 110 Å². The smallest absolute Gasteiger partial charge is 0.0894 e. The zero-order chi connectivity index (χ0) is 12.7. The third-order valence-electron chi connectivity index (χ3n) is 2.84. The van der Waals surface area contributed by atoms with Crippen LogP contribution in [0.3, 0.4) is 0 Å². The first-order valence-corrected chi connectivity index (χ1v) is 10.8. The minimum atomic E-state index is -1.18. The van der Waals surface area contributed by atoms with Gasteiger partial charge in [-0.15, -0.1) is 11.8 Å². The first-order valence-electron chi connectivity index (χ1n) is 6.31. The van der Waals surface area contributed by atoms with E-state index in [1.54, 1.807) is 0 Å². The maximum atomic E-state index is 12.2. The predicted octanol–water partition coefficient (Wildman–Crippen LogP) is 5.16. The van der Waals surface area contributed by atoms with Gasteiger partial charge in [0.2, 0.25) is 0 Å². The molecular formula is C14H23FSSi. The highest BCUT2D eigenvalue weighted by Gasteiger charge is 2.26. The Morgan fingerprint density at radius 3 is 2.29 bits per heavy atom. The van der Waals surface area contributed by atoms with Crippen LogP contribution in [0.2, 0.25) is 19.6 Å². The van der Waals surface area contributed by atoms with Crippen molar-refractivity contribution in [2.24, 2.45) is 0 Å². The van der Waals surface area contributed by atoms with Gasteiger partial charge in [-0.3, -0.25) is 4.39 Å². The molecular weight excluding hydrogens is 247 g/mol. The molecule has 3 heteroatoms. The number of benzene rings is 1. The van der Waals surface area contributed by atoms with Crippen molar-refractivity contribution in [3.05, 3.63) is 30.3 Å². The monoisotopic (exact) mass is 270 g/mol. The van der Waals surface area contributed by atoms with Crippen LogP contribution in [0.25, 0.3) is 0 Å². The first kappa shape index (κ1) is 14.8. The molecule has 1 atom stereocenters. The summed E-state index contributed by atoms with van der Waals surface area (Å²) >= 11 is 1.99. The van der Waals surface area contributed by atoms with Crippen LogP contribution < -0.4 is 0 Å².